The fourth-order valence-electron chi connectivity index (χ4n) is 2.68. The zero-order valence-corrected chi connectivity index (χ0v) is 17.3. The van der Waals surface area contributed by atoms with Crippen LogP contribution in [0.25, 0.3) is 5.69 Å². The van der Waals surface area contributed by atoms with Crippen LogP contribution in [-0.2, 0) is 17.5 Å². The molecule has 0 unspecified atom stereocenters. The first-order chi connectivity index (χ1) is 14.7. The largest absolute Gasteiger partial charge is 0.462 e. The molecule has 2 heterocycles. The minimum absolute atomic E-state index is 0.0621. The number of benzene rings is 1. The van der Waals surface area contributed by atoms with Gasteiger partial charge in [0.05, 0.1) is 25.0 Å². The van der Waals surface area contributed by atoms with Crippen molar-refractivity contribution in [2.75, 3.05) is 11.9 Å². The van der Waals surface area contributed by atoms with Crippen molar-refractivity contribution in [1.82, 2.24) is 20.1 Å². The second-order valence-corrected chi connectivity index (χ2v) is 7.22. The number of ether oxygens (including phenoxy) is 1. The van der Waals surface area contributed by atoms with Gasteiger partial charge in [-0.15, -0.1) is 11.3 Å². The van der Waals surface area contributed by atoms with Gasteiger partial charge in [-0.25, -0.2) is 19.3 Å². The number of amides is 2. The minimum atomic E-state index is -4.83. The summed E-state index contributed by atoms with van der Waals surface area (Å²) in [4.78, 5) is 28.1. The third-order valence-corrected chi connectivity index (χ3v) is 4.94. The Morgan fingerprint density at radius 2 is 1.94 bits per heavy atom. The molecule has 0 saturated heterocycles. The van der Waals surface area contributed by atoms with Gasteiger partial charge in [0.25, 0.3) is 0 Å². The van der Waals surface area contributed by atoms with E-state index in [0.29, 0.717) is 10.4 Å². The minimum Gasteiger partial charge on any atom is -0.462 e. The van der Waals surface area contributed by atoms with Gasteiger partial charge in [-0.1, -0.05) is 0 Å². The predicted octanol–water partition coefficient (Wildman–Crippen LogP) is 4.15. The molecule has 2 amide bonds. The number of carbonyl (C=O) groups is 2. The van der Waals surface area contributed by atoms with E-state index >= 15 is 0 Å². The van der Waals surface area contributed by atoms with Crippen molar-refractivity contribution >= 4 is 29.0 Å². The molecule has 0 aliphatic heterocycles. The van der Waals surface area contributed by atoms with E-state index < -0.39 is 29.4 Å². The highest BCUT2D eigenvalue weighted by Crippen LogP contribution is 2.34. The number of halogens is 3. The van der Waals surface area contributed by atoms with Crippen LogP contribution in [0, 0.1) is 6.92 Å². The summed E-state index contributed by atoms with van der Waals surface area (Å²) < 4.78 is 46.0. The van der Waals surface area contributed by atoms with E-state index in [-0.39, 0.29) is 18.8 Å². The number of rotatable bonds is 6. The number of aryl methyl sites for hydroxylation is 1. The molecule has 0 spiro atoms. The molecule has 1 aromatic carbocycles. The van der Waals surface area contributed by atoms with E-state index in [1.54, 1.807) is 0 Å². The third-order valence-electron chi connectivity index (χ3n) is 3.97. The van der Waals surface area contributed by atoms with Gasteiger partial charge >= 0.3 is 18.2 Å². The highest BCUT2D eigenvalue weighted by molar-refractivity contribution is 7.09. The van der Waals surface area contributed by atoms with Gasteiger partial charge in [0, 0.05) is 16.8 Å². The number of anilines is 1. The monoisotopic (exact) mass is 453 g/mol. The second-order valence-electron chi connectivity index (χ2n) is 6.27. The Bertz CT molecular complexity index is 1080. The molecule has 0 aliphatic rings. The Balaban J connectivity index is 1.73. The molecule has 0 radical (unpaired) electrons. The van der Waals surface area contributed by atoms with E-state index in [9.17, 15) is 22.8 Å². The Labute approximate surface area is 179 Å². The Morgan fingerprint density at radius 3 is 2.52 bits per heavy atom. The van der Waals surface area contributed by atoms with E-state index in [1.165, 1.54) is 42.5 Å². The highest BCUT2D eigenvalue weighted by Gasteiger charge is 2.41. The van der Waals surface area contributed by atoms with Gasteiger partial charge in [-0.05, 0) is 38.1 Å². The second kappa shape index (κ2) is 9.16. The van der Waals surface area contributed by atoms with Crippen molar-refractivity contribution in [3.8, 4) is 5.69 Å². The lowest BCUT2D eigenvalue weighted by Crippen LogP contribution is -2.28. The fraction of sp³-hybridized carbons (Fsp3) is 0.263. The van der Waals surface area contributed by atoms with Crippen LogP contribution < -0.4 is 10.6 Å². The van der Waals surface area contributed by atoms with Crippen LogP contribution in [0.5, 0.6) is 0 Å². The molecule has 0 fully saturated rings. The molecule has 0 atom stereocenters. The van der Waals surface area contributed by atoms with Crippen molar-refractivity contribution < 1.29 is 27.5 Å². The highest BCUT2D eigenvalue weighted by atomic mass is 32.1. The van der Waals surface area contributed by atoms with Crippen molar-refractivity contribution in [3.05, 3.63) is 57.8 Å². The molecule has 0 aliphatic carbocycles. The number of esters is 1. The number of nitrogens with zero attached hydrogens (tertiary/aromatic N) is 3. The van der Waals surface area contributed by atoms with Crippen LogP contribution in [0.1, 0.15) is 33.7 Å². The molecule has 2 N–H and O–H groups in total. The lowest BCUT2D eigenvalue weighted by atomic mass is 10.2. The summed E-state index contributed by atoms with van der Waals surface area (Å²) >= 11 is 1.42. The number of aromatic nitrogens is 3. The number of alkyl halides is 3. The summed E-state index contributed by atoms with van der Waals surface area (Å²) in [7, 11) is 0. The van der Waals surface area contributed by atoms with Gasteiger partial charge in [0.1, 0.15) is 10.6 Å². The molecule has 31 heavy (non-hydrogen) atoms. The van der Waals surface area contributed by atoms with Crippen LogP contribution >= 0.6 is 11.3 Å². The number of hydrogen-bond donors (Lipinski definition) is 2. The van der Waals surface area contributed by atoms with Gasteiger partial charge in [-0.2, -0.15) is 18.3 Å². The SMILES string of the molecule is CCOC(=O)c1cnn(-c2ccc(NC(=O)NCc3nc(C)cs3)cc2)c1C(F)(F)F. The zero-order chi connectivity index (χ0) is 22.6. The van der Waals surface area contributed by atoms with E-state index in [4.69, 9.17) is 0 Å². The predicted molar refractivity (Wildman–Crippen MR) is 107 cm³/mol. The Hall–Kier alpha value is -3.41. The summed E-state index contributed by atoms with van der Waals surface area (Å²) in [6.07, 6.45) is -4.01. The van der Waals surface area contributed by atoms with Crippen molar-refractivity contribution in [3.63, 3.8) is 0 Å². The summed E-state index contributed by atoms with van der Waals surface area (Å²) in [5.41, 5.74) is -0.618. The average molecular weight is 453 g/mol. The number of urea groups is 1. The summed E-state index contributed by atoms with van der Waals surface area (Å²) in [6, 6.07) is 5.05. The number of thiazole rings is 1. The lowest BCUT2D eigenvalue weighted by Gasteiger charge is -2.13. The Kier molecular flexibility index (Phi) is 6.59. The normalized spacial score (nSPS) is 11.3. The lowest BCUT2D eigenvalue weighted by molar-refractivity contribution is -0.143. The molecule has 3 aromatic rings. The molecular weight excluding hydrogens is 435 g/mol. The van der Waals surface area contributed by atoms with Crippen LogP contribution in [0.15, 0.2) is 35.8 Å². The summed E-state index contributed by atoms with van der Waals surface area (Å²) in [5, 5.41) is 11.5. The van der Waals surface area contributed by atoms with Crippen LogP contribution in [-0.4, -0.2) is 33.4 Å². The topological polar surface area (TPSA) is 98.1 Å². The van der Waals surface area contributed by atoms with Crippen molar-refractivity contribution in [1.29, 1.82) is 0 Å². The standard InChI is InChI=1S/C19H18F3N5O3S/c1-3-30-17(28)14-8-24-27(16(14)19(20,21)22)13-6-4-12(5-7-13)26-18(29)23-9-15-25-11(2)10-31-15/h4-8,10H,3,9H2,1-2H3,(H2,23,26,29). The van der Waals surface area contributed by atoms with Crippen LogP contribution in [0.4, 0.5) is 23.7 Å². The molecule has 3 rings (SSSR count). The average Bonchev–Trinajstić information content (AvgIpc) is 3.33. The first kappa shape index (κ1) is 22.3. The van der Waals surface area contributed by atoms with Gasteiger partial charge in [0.2, 0.25) is 0 Å². The maximum absolute atomic E-state index is 13.6. The molecule has 12 heteroatoms. The third kappa shape index (κ3) is 5.40. The van der Waals surface area contributed by atoms with Gasteiger partial charge in [-0.3, -0.25) is 0 Å². The van der Waals surface area contributed by atoms with E-state index in [0.717, 1.165) is 16.9 Å². The van der Waals surface area contributed by atoms with Gasteiger partial charge in [0.15, 0.2) is 5.69 Å². The maximum Gasteiger partial charge on any atom is 0.434 e. The molecule has 164 valence electrons. The van der Waals surface area contributed by atoms with E-state index in [2.05, 4.69) is 25.5 Å². The summed E-state index contributed by atoms with van der Waals surface area (Å²) in [5.74, 6) is -1.11. The first-order valence-corrected chi connectivity index (χ1v) is 9.95. The van der Waals surface area contributed by atoms with E-state index in [1.807, 2.05) is 12.3 Å². The molecular formula is C19H18F3N5O3S. The van der Waals surface area contributed by atoms with Crippen LogP contribution in [0.2, 0.25) is 0 Å². The maximum atomic E-state index is 13.6. The first-order valence-electron chi connectivity index (χ1n) is 9.07. The smallest absolute Gasteiger partial charge is 0.434 e. The number of nitrogens with one attached hydrogen (secondary N) is 2. The molecule has 0 bridgehead atoms. The number of carbonyl (C=O) groups excluding carboxylic acids is 2. The van der Waals surface area contributed by atoms with Crippen LogP contribution in [0.3, 0.4) is 0 Å². The summed E-state index contributed by atoms with van der Waals surface area (Å²) in [6.45, 7) is 3.53. The number of hydrogen-bond acceptors (Lipinski definition) is 6. The quantitative estimate of drug-likeness (QED) is 0.547. The molecule has 0 saturated carbocycles. The Morgan fingerprint density at radius 1 is 1.23 bits per heavy atom. The zero-order valence-electron chi connectivity index (χ0n) is 16.5. The van der Waals surface area contributed by atoms with Crippen molar-refractivity contribution in [2.24, 2.45) is 0 Å². The van der Waals surface area contributed by atoms with Gasteiger partial charge < -0.3 is 15.4 Å². The molecule has 2 aromatic heterocycles. The molecule has 8 nitrogen and oxygen atoms in total. The fourth-order valence-corrected chi connectivity index (χ4v) is 3.39. The van der Waals surface area contributed by atoms with Crippen molar-refractivity contribution in [2.45, 2.75) is 26.6 Å².